The molecule has 1 unspecified atom stereocenters. The average molecular weight is 367 g/mol. The van der Waals surface area contributed by atoms with Crippen LogP contribution in [-0.4, -0.2) is 64.4 Å². The number of amides is 2. The topological polar surface area (TPSA) is 92.9 Å². The monoisotopic (exact) mass is 367 g/mol. The molecule has 26 heavy (non-hydrogen) atoms. The number of rotatable bonds is 2. The summed E-state index contributed by atoms with van der Waals surface area (Å²) in [6, 6.07) is 0.00216. The molecule has 0 aliphatic carbocycles. The molecule has 2 aliphatic heterocycles. The van der Waals surface area contributed by atoms with Crippen molar-refractivity contribution in [1.29, 1.82) is 0 Å². The van der Waals surface area contributed by atoms with Gasteiger partial charge in [0.15, 0.2) is 0 Å². The van der Waals surface area contributed by atoms with Crippen LogP contribution in [0.5, 0.6) is 0 Å². The third-order valence-corrected chi connectivity index (χ3v) is 5.45. The van der Waals surface area contributed by atoms with Gasteiger partial charge in [0.2, 0.25) is 0 Å². The minimum atomic E-state index is -0.532. The van der Waals surface area contributed by atoms with Crippen LogP contribution in [0, 0.1) is 5.92 Å². The molecule has 2 N–H and O–H groups in total. The lowest BCUT2D eigenvalue weighted by Gasteiger charge is -2.54. The van der Waals surface area contributed by atoms with Crippen LogP contribution in [0.2, 0.25) is 0 Å². The molecule has 0 aromatic rings. The van der Waals surface area contributed by atoms with Crippen molar-refractivity contribution in [3.05, 3.63) is 0 Å². The molecule has 1 atom stereocenters. The van der Waals surface area contributed by atoms with E-state index in [9.17, 15) is 14.4 Å². The van der Waals surface area contributed by atoms with Gasteiger partial charge in [-0.3, -0.25) is 14.4 Å². The Hall–Kier alpha value is -1.63. The fourth-order valence-corrected chi connectivity index (χ4v) is 4.75. The van der Waals surface area contributed by atoms with Crippen LogP contribution < -0.4 is 5.73 Å². The first-order valence-corrected chi connectivity index (χ1v) is 9.55. The van der Waals surface area contributed by atoms with E-state index in [0.29, 0.717) is 38.8 Å². The Kier molecular flexibility index (Phi) is 6.00. The molecule has 0 aromatic carbocycles. The van der Waals surface area contributed by atoms with Crippen molar-refractivity contribution in [3.8, 4) is 0 Å². The number of hydrogen-bond acceptors (Lipinski definition) is 5. The Balaban J connectivity index is 2.15. The van der Waals surface area contributed by atoms with E-state index in [1.54, 1.807) is 11.8 Å². The number of ether oxygens (including phenoxy) is 1. The average Bonchev–Trinajstić information content (AvgIpc) is 2.51. The molecular formula is C19H33N3O4. The Morgan fingerprint density at radius 3 is 2.19 bits per heavy atom. The smallest absolute Gasteiger partial charge is 0.312 e. The van der Waals surface area contributed by atoms with Crippen molar-refractivity contribution >= 4 is 17.8 Å². The molecule has 148 valence electrons. The van der Waals surface area contributed by atoms with Crippen molar-refractivity contribution in [2.75, 3.05) is 19.7 Å². The molecule has 0 bridgehead atoms. The number of likely N-dealkylation sites (tertiary alicyclic amines) is 2. The highest BCUT2D eigenvalue weighted by atomic mass is 16.5. The zero-order chi connectivity index (χ0) is 19.7. The van der Waals surface area contributed by atoms with Gasteiger partial charge in [0.1, 0.15) is 0 Å². The van der Waals surface area contributed by atoms with Crippen LogP contribution in [0.4, 0.5) is 0 Å². The van der Waals surface area contributed by atoms with E-state index in [4.69, 9.17) is 10.5 Å². The minimum Gasteiger partial charge on any atom is -0.466 e. The molecule has 0 radical (unpaired) electrons. The van der Waals surface area contributed by atoms with Gasteiger partial charge in [0.25, 0.3) is 0 Å². The summed E-state index contributed by atoms with van der Waals surface area (Å²) in [4.78, 5) is 41.3. The molecule has 2 rings (SSSR count). The molecule has 0 spiro atoms. The van der Waals surface area contributed by atoms with E-state index < -0.39 is 22.9 Å². The van der Waals surface area contributed by atoms with Crippen molar-refractivity contribution < 1.29 is 19.1 Å². The van der Waals surface area contributed by atoms with Gasteiger partial charge in [-0.05, 0) is 60.3 Å². The number of carbonyl (C=O) groups is 3. The number of carbonyl (C=O) groups excluding carboxylic acids is 3. The second kappa shape index (κ2) is 7.55. The molecule has 0 saturated carbocycles. The molecule has 2 aliphatic rings. The van der Waals surface area contributed by atoms with E-state index in [1.165, 1.54) is 4.90 Å². The summed E-state index contributed by atoms with van der Waals surface area (Å²) < 4.78 is 5.08. The zero-order valence-corrected chi connectivity index (χ0v) is 16.7. The summed E-state index contributed by atoms with van der Waals surface area (Å²) >= 11 is 0. The van der Waals surface area contributed by atoms with Crippen LogP contribution in [0.1, 0.15) is 60.3 Å². The first-order chi connectivity index (χ1) is 12.0. The van der Waals surface area contributed by atoms with Crippen LogP contribution in [0.25, 0.3) is 0 Å². The van der Waals surface area contributed by atoms with Gasteiger partial charge in [0, 0.05) is 30.2 Å². The quantitative estimate of drug-likeness (QED) is 0.586. The van der Waals surface area contributed by atoms with E-state index in [0.717, 1.165) is 0 Å². The second-order valence-electron chi connectivity index (χ2n) is 8.78. The van der Waals surface area contributed by atoms with E-state index in [-0.39, 0.29) is 24.5 Å². The number of nitrogens with zero attached hydrogens (tertiary/aromatic N) is 2. The normalized spacial score (nSPS) is 25.7. The first-order valence-electron chi connectivity index (χ1n) is 9.55. The highest BCUT2D eigenvalue weighted by Gasteiger charge is 2.49. The largest absolute Gasteiger partial charge is 0.466 e. The maximum absolute atomic E-state index is 13.1. The van der Waals surface area contributed by atoms with Gasteiger partial charge >= 0.3 is 17.8 Å². The lowest BCUT2D eigenvalue weighted by Crippen LogP contribution is -2.67. The molecule has 7 heteroatoms. The van der Waals surface area contributed by atoms with Crippen molar-refractivity contribution in [3.63, 3.8) is 0 Å². The van der Waals surface area contributed by atoms with Gasteiger partial charge in [-0.1, -0.05) is 0 Å². The summed E-state index contributed by atoms with van der Waals surface area (Å²) in [5.41, 5.74) is 5.17. The highest BCUT2D eigenvalue weighted by molar-refractivity contribution is 6.35. The van der Waals surface area contributed by atoms with Crippen LogP contribution in [0.3, 0.4) is 0 Å². The molecule has 2 amide bonds. The lowest BCUT2D eigenvalue weighted by molar-refractivity contribution is -0.166. The van der Waals surface area contributed by atoms with Crippen LogP contribution >= 0.6 is 0 Å². The van der Waals surface area contributed by atoms with Crippen molar-refractivity contribution in [2.45, 2.75) is 77.4 Å². The van der Waals surface area contributed by atoms with Gasteiger partial charge < -0.3 is 20.3 Å². The van der Waals surface area contributed by atoms with E-state index >= 15 is 0 Å². The van der Waals surface area contributed by atoms with E-state index in [1.807, 2.05) is 27.7 Å². The van der Waals surface area contributed by atoms with Crippen molar-refractivity contribution in [2.24, 2.45) is 11.7 Å². The summed E-state index contributed by atoms with van der Waals surface area (Å²) in [5.74, 6) is -1.68. The Labute approximate surface area is 156 Å². The number of nitrogens with two attached hydrogens (primary N) is 1. The predicted molar refractivity (Wildman–Crippen MR) is 98.2 cm³/mol. The molecule has 7 nitrogen and oxygen atoms in total. The van der Waals surface area contributed by atoms with Crippen molar-refractivity contribution in [1.82, 2.24) is 9.80 Å². The SMILES string of the molecule is CCOC(=O)C1CCCN(C(=O)C(=O)N2C(C)(C)CC(N)CC2(C)C)C1. The van der Waals surface area contributed by atoms with E-state index in [2.05, 4.69) is 0 Å². The molecule has 2 fully saturated rings. The molecular weight excluding hydrogens is 334 g/mol. The Morgan fingerprint density at radius 1 is 1.08 bits per heavy atom. The maximum atomic E-state index is 13.1. The van der Waals surface area contributed by atoms with Gasteiger partial charge in [0.05, 0.1) is 12.5 Å². The first kappa shape index (κ1) is 20.7. The summed E-state index contributed by atoms with van der Waals surface area (Å²) in [6.07, 6.45) is 2.69. The van der Waals surface area contributed by atoms with Gasteiger partial charge in [-0.25, -0.2) is 0 Å². The summed E-state index contributed by atoms with van der Waals surface area (Å²) in [5, 5.41) is 0. The zero-order valence-electron chi connectivity index (χ0n) is 16.7. The Bertz CT molecular complexity index is 555. The minimum absolute atomic E-state index is 0.00216. The molecule has 0 aromatic heterocycles. The number of esters is 1. The fourth-order valence-electron chi connectivity index (χ4n) is 4.75. The number of piperidine rings is 2. The molecule has 2 heterocycles. The predicted octanol–water partition coefficient (Wildman–Crippen LogP) is 1.30. The highest BCUT2D eigenvalue weighted by Crippen LogP contribution is 2.38. The van der Waals surface area contributed by atoms with Gasteiger partial charge in [-0.2, -0.15) is 0 Å². The lowest BCUT2D eigenvalue weighted by atomic mass is 9.77. The number of hydrogen-bond donors (Lipinski definition) is 1. The second-order valence-corrected chi connectivity index (χ2v) is 8.78. The van der Waals surface area contributed by atoms with Crippen LogP contribution in [-0.2, 0) is 19.1 Å². The fraction of sp³-hybridized carbons (Fsp3) is 0.842. The van der Waals surface area contributed by atoms with Gasteiger partial charge in [-0.15, -0.1) is 0 Å². The summed E-state index contributed by atoms with van der Waals surface area (Å²) in [6.45, 7) is 10.6. The standard InChI is InChI=1S/C19H33N3O4/c1-6-26-17(25)13-8-7-9-21(12-13)15(23)16(24)22-18(2,3)10-14(20)11-19(22,4)5/h13-14H,6-12,20H2,1-5H3. The third-order valence-electron chi connectivity index (χ3n) is 5.45. The summed E-state index contributed by atoms with van der Waals surface area (Å²) in [7, 11) is 0. The third kappa shape index (κ3) is 4.19. The maximum Gasteiger partial charge on any atom is 0.312 e. The van der Waals surface area contributed by atoms with Crippen LogP contribution in [0.15, 0.2) is 0 Å². The molecule has 2 saturated heterocycles. The Morgan fingerprint density at radius 2 is 1.65 bits per heavy atom.